The molecule has 0 unspecified atom stereocenters. The van der Waals surface area contributed by atoms with E-state index in [2.05, 4.69) is 12.3 Å². The predicted molar refractivity (Wildman–Crippen MR) is 55.5 cm³/mol. The Kier molecular flexibility index (Phi) is 4.35. The van der Waals surface area contributed by atoms with Crippen LogP contribution in [0.1, 0.15) is 26.7 Å². The van der Waals surface area contributed by atoms with Crippen molar-refractivity contribution in [2.75, 3.05) is 19.6 Å². The van der Waals surface area contributed by atoms with Gasteiger partial charge < -0.3 is 4.90 Å². The first-order valence-corrected chi connectivity index (χ1v) is 5.47. The third-order valence-electron chi connectivity index (χ3n) is 3.17. The van der Waals surface area contributed by atoms with E-state index < -0.39 is 0 Å². The quantitative estimate of drug-likeness (QED) is 0.308. The van der Waals surface area contributed by atoms with Gasteiger partial charge in [0.1, 0.15) is 0 Å². The van der Waals surface area contributed by atoms with E-state index in [1.165, 1.54) is 25.9 Å². The van der Waals surface area contributed by atoms with Crippen LogP contribution in [-0.4, -0.2) is 25.5 Å². The summed E-state index contributed by atoms with van der Waals surface area (Å²) in [6.45, 7) is 7.54. The molecule has 4 N–H and O–H groups in total. The fourth-order valence-corrected chi connectivity index (χ4v) is 2.04. The Balaban J connectivity index is 2.27. The lowest BCUT2D eigenvalue weighted by molar-refractivity contribution is -0.908. The van der Waals surface area contributed by atoms with Crippen molar-refractivity contribution in [1.29, 1.82) is 0 Å². The zero-order valence-corrected chi connectivity index (χ0v) is 9.18. The van der Waals surface area contributed by atoms with Crippen LogP contribution in [0.3, 0.4) is 0 Å². The summed E-state index contributed by atoms with van der Waals surface area (Å²) in [5.74, 6) is 5.94. The van der Waals surface area contributed by atoms with Gasteiger partial charge in [0.25, 0.3) is 0 Å². The van der Waals surface area contributed by atoms with Crippen LogP contribution in [0.15, 0.2) is 0 Å². The van der Waals surface area contributed by atoms with E-state index in [0.717, 1.165) is 12.5 Å². The molecule has 1 aliphatic rings. The van der Waals surface area contributed by atoms with Gasteiger partial charge in [-0.2, -0.15) is 0 Å². The maximum absolute atomic E-state index is 11.2. The van der Waals surface area contributed by atoms with E-state index in [-0.39, 0.29) is 11.8 Å². The average molecular weight is 200 g/mol. The molecular formula is C10H22N3O+. The van der Waals surface area contributed by atoms with Crippen molar-refractivity contribution in [3.8, 4) is 0 Å². The first kappa shape index (κ1) is 11.5. The van der Waals surface area contributed by atoms with Crippen LogP contribution in [0.4, 0.5) is 0 Å². The second-order valence-corrected chi connectivity index (χ2v) is 4.55. The normalized spacial score (nSPS) is 29.6. The highest BCUT2D eigenvalue weighted by molar-refractivity contribution is 5.77. The molecule has 0 bridgehead atoms. The minimum absolute atomic E-state index is 0.0309. The molecule has 1 rings (SSSR count). The van der Waals surface area contributed by atoms with Gasteiger partial charge in [0.05, 0.1) is 25.6 Å². The Morgan fingerprint density at radius 1 is 1.57 bits per heavy atom. The summed E-state index contributed by atoms with van der Waals surface area (Å²) < 4.78 is 0. The number of carbonyl (C=O) groups is 1. The lowest BCUT2D eigenvalue weighted by atomic mass is 9.98. The number of hydrogen-bond donors (Lipinski definition) is 3. The third kappa shape index (κ3) is 3.27. The van der Waals surface area contributed by atoms with E-state index in [0.29, 0.717) is 0 Å². The lowest BCUT2D eigenvalue weighted by Gasteiger charge is -2.28. The molecule has 1 fully saturated rings. The Morgan fingerprint density at radius 2 is 2.14 bits per heavy atom. The molecule has 1 saturated heterocycles. The van der Waals surface area contributed by atoms with Crippen LogP contribution in [-0.2, 0) is 4.79 Å². The minimum atomic E-state index is -0.0453. The van der Waals surface area contributed by atoms with Crippen LogP contribution in [0.25, 0.3) is 0 Å². The SMILES string of the molecule is CC1CC[NH+](C[C@@H](C)C(=O)NN)CC1. The second kappa shape index (κ2) is 5.32. The monoisotopic (exact) mass is 200 g/mol. The zero-order chi connectivity index (χ0) is 10.6. The van der Waals surface area contributed by atoms with Crippen molar-refractivity contribution >= 4 is 5.91 Å². The molecule has 4 nitrogen and oxygen atoms in total. The maximum Gasteiger partial charge on any atom is 0.242 e. The molecule has 0 saturated carbocycles. The Labute approximate surface area is 85.8 Å². The summed E-state index contributed by atoms with van der Waals surface area (Å²) in [5, 5.41) is 0. The van der Waals surface area contributed by atoms with Gasteiger partial charge in [0.2, 0.25) is 5.91 Å². The van der Waals surface area contributed by atoms with Gasteiger partial charge in [0.15, 0.2) is 0 Å². The van der Waals surface area contributed by atoms with E-state index in [1.54, 1.807) is 4.90 Å². The van der Waals surface area contributed by atoms with Crippen LogP contribution < -0.4 is 16.2 Å². The smallest absolute Gasteiger partial charge is 0.242 e. The number of quaternary nitrogens is 1. The summed E-state index contributed by atoms with van der Waals surface area (Å²) in [7, 11) is 0. The van der Waals surface area contributed by atoms with Crippen molar-refractivity contribution in [1.82, 2.24) is 5.43 Å². The molecule has 0 radical (unpaired) electrons. The summed E-state index contributed by atoms with van der Waals surface area (Å²) in [6.07, 6.45) is 2.57. The number of hydrogen-bond acceptors (Lipinski definition) is 2. The molecular weight excluding hydrogens is 178 g/mol. The molecule has 4 heteroatoms. The number of hydrazine groups is 1. The first-order chi connectivity index (χ1) is 6.63. The molecule has 1 amide bonds. The van der Waals surface area contributed by atoms with Crippen LogP contribution in [0, 0.1) is 11.8 Å². The summed E-state index contributed by atoms with van der Waals surface area (Å²) in [6, 6.07) is 0. The highest BCUT2D eigenvalue weighted by atomic mass is 16.2. The summed E-state index contributed by atoms with van der Waals surface area (Å²) in [4.78, 5) is 12.7. The van der Waals surface area contributed by atoms with Crippen molar-refractivity contribution in [3.63, 3.8) is 0 Å². The fourth-order valence-electron chi connectivity index (χ4n) is 2.04. The van der Waals surface area contributed by atoms with E-state index in [1.807, 2.05) is 6.92 Å². The minimum Gasteiger partial charge on any atom is -0.334 e. The number of likely N-dealkylation sites (tertiary alicyclic amines) is 1. The van der Waals surface area contributed by atoms with E-state index in [9.17, 15) is 4.79 Å². The predicted octanol–water partition coefficient (Wildman–Crippen LogP) is -1.07. The molecule has 1 atom stereocenters. The molecule has 0 aliphatic carbocycles. The first-order valence-electron chi connectivity index (χ1n) is 5.47. The molecule has 14 heavy (non-hydrogen) atoms. The number of carbonyl (C=O) groups excluding carboxylic acids is 1. The Hall–Kier alpha value is -0.610. The maximum atomic E-state index is 11.2. The largest absolute Gasteiger partial charge is 0.334 e. The Bertz CT molecular complexity index is 188. The summed E-state index contributed by atoms with van der Waals surface area (Å²) >= 11 is 0. The molecule has 0 spiro atoms. The third-order valence-corrected chi connectivity index (χ3v) is 3.17. The van der Waals surface area contributed by atoms with Crippen molar-refractivity contribution < 1.29 is 9.69 Å². The van der Waals surface area contributed by atoms with Crippen molar-refractivity contribution in [3.05, 3.63) is 0 Å². The standard InChI is InChI=1S/C10H21N3O/c1-8-3-5-13(6-4-8)7-9(2)10(14)12-11/h8-9H,3-7,11H2,1-2H3,(H,12,14)/p+1/t9-/m1/s1. The van der Waals surface area contributed by atoms with E-state index in [4.69, 9.17) is 5.84 Å². The zero-order valence-electron chi connectivity index (χ0n) is 9.18. The van der Waals surface area contributed by atoms with Crippen LogP contribution in [0.5, 0.6) is 0 Å². The van der Waals surface area contributed by atoms with Gasteiger partial charge in [-0.3, -0.25) is 10.2 Å². The average Bonchev–Trinajstić information content (AvgIpc) is 2.20. The van der Waals surface area contributed by atoms with Gasteiger partial charge >= 0.3 is 0 Å². The van der Waals surface area contributed by atoms with Crippen LogP contribution >= 0.6 is 0 Å². The van der Waals surface area contributed by atoms with Gasteiger partial charge in [0, 0.05) is 0 Å². The lowest BCUT2D eigenvalue weighted by Crippen LogP contribution is -3.13. The number of amides is 1. The van der Waals surface area contributed by atoms with E-state index >= 15 is 0 Å². The number of piperidine rings is 1. The highest BCUT2D eigenvalue weighted by Crippen LogP contribution is 2.06. The van der Waals surface area contributed by atoms with Crippen molar-refractivity contribution in [2.24, 2.45) is 17.7 Å². The van der Waals surface area contributed by atoms with Gasteiger partial charge in [-0.15, -0.1) is 0 Å². The second-order valence-electron chi connectivity index (χ2n) is 4.55. The molecule has 0 aromatic carbocycles. The summed E-state index contributed by atoms with van der Waals surface area (Å²) in [5.41, 5.74) is 2.21. The number of nitrogens with one attached hydrogen (secondary N) is 2. The fraction of sp³-hybridized carbons (Fsp3) is 0.900. The molecule has 0 aromatic rings. The van der Waals surface area contributed by atoms with Gasteiger partial charge in [-0.05, 0) is 25.7 Å². The molecule has 0 aromatic heterocycles. The number of nitrogens with two attached hydrogens (primary N) is 1. The van der Waals surface area contributed by atoms with Gasteiger partial charge in [-0.1, -0.05) is 6.92 Å². The van der Waals surface area contributed by atoms with Crippen LogP contribution in [0.2, 0.25) is 0 Å². The molecule has 1 heterocycles. The topological polar surface area (TPSA) is 59.6 Å². The molecule has 82 valence electrons. The van der Waals surface area contributed by atoms with Gasteiger partial charge in [-0.25, -0.2) is 5.84 Å². The Morgan fingerprint density at radius 3 is 2.64 bits per heavy atom. The highest BCUT2D eigenvalue weighted by Gasteiger charge is 2.23. The molecule has 1 aliphatic heterocycles. The number of rotatable bonds is 3. The van der Waals surface area contributed by atoms with Crippen molar-refractivity contribution in [2.45, 2.75) is 26.7 Å².